The molecule has 1 saturated heterocycles. The van der Waals surface area contributed by atoms with Gasteiger partial charge in [0.1, 0.15) is 5.82 Å². The predicted molar refractivity (Wildman–Crippen MR) is 71.5 cm³/mol. The van der Waals surface area contributed by atoms with Gasteiger partial charge < -0.3 is 15.8 Å². The molecule has 1 aromatic carbocycles. The standard InChI is InChI=1S/C14H19FN2O2/c1-9-11(15)7-10(8-12(9)16)13(18)17-14(2)3-5-19-6-4-14/h7-8H,3-6,16H2,1-2H3,(H,17,18). The molecular weight excluding hydrogens is 247 g/mol. The average molecular weight is 266 g/mol. The molecule has 0 atom stereocenters. The molecule has 2 rings (SSSR count). The Balaban J connectivity index is 2.16. The first kappa shape index (κ1) is 13.8. The van der Waals surface area contributed by atoms with E-state index in [1.54, 1.807) is 6.92 Å². The molecule has 3 N–H and O–H groups in total. The predicted octanol–water partition coefficient (Wildman–Crippen LogP) is 2.02. The van der Waals surface area contributed by atoms with Crippen molar-refractivity contribution in [1.82, 2.24) is 5.32 Å². The summed E-state index contributed by atoms with van der Waals surface area (Å²) in [5.74, 6) is -0.753. The summed E-state index contributed by atoms with van der Waals surface area (Å²) >= 11 is 0. The molecule has 5 heteroatoms. The number of hydrogen-bond donors (Lipinski definition) is 2. The van der Waals surface area contributed by atoms with Gasteiger partial charge in [0.2, 0.25) is 0 Å². The Labute approximate surface area is 112 Å². The van der Waals surface area contributed by atoms with E-state index in [-0.39, 0.29) is 17.0 Å². The average Bonchev–Trinajstić information content (AvgIpc) is 2.35. The molecule has 104 valence electrons. The van der Waals surface area contributed by atoms with Crippen molar-refractivity contribution in [2.24, 2.45) is 0 Å². The van der Waals surface area contributed by atoms with E-state index in [4.69, 9.17) is 10.5 Å². The molecule has 1 aliphatic heterocycles. The summed E-state index contributed by atoms with van der Waals surface area (Å²) in [6, 6.07) is 2.74. The molecule has 1 fully saturated rings. The van der Waals surface area contributed by atoms with Gasteiger partial charge in [-0.05, 0) is 38.8 Å². The van der Waals surface area contributed by atoms with Gasteiger partial charge in [0, 0.05) is 35.6 Å². The third kappa shape index (κ3) is 3.04. The van der Waals surface area contributed by atoms with Crippen LogP contribution in [0, 0.1) is 12.7 Å². The van der Waals surface area contributed by atoms with Crippen LogP contribution in [0.25, 0.3) is 0 Å². The first-order valence-corrected chi connectivity index (χ1v) is 6.37. The number of hydrogen-bond acceptors (Lipinski definition) is 3. The fourth-order valence-electron chi connectivity index (χ4n) is 2.12. The topological polar surface area (TPSA) is 64.4 Å². The van der Waals surface area contributed by atoms with Crippen molar-refractivity contribution in [1.29, 1.82) is 0 Å². The Morgan fingerprint density at radius 2 is 2.05 bits per heavy atom. The van der Waals surface area contributed by atoms with Gasteiger partial charge >= 0.3 is 0 Å². The van der Waals surface area contributed by atoms with Crippen molar-refractivity contribution in [3.8, 4) is 0 Å². The molecule has 0 radical (unpaired) electrons. The van der Waals surface area contributed by atoms with Gasteiger partial charge in [0.15, 0.2) is 0 Å². The molecular formula is C14H19FN2O2. The molecule has 0 saturated carbocycles. The lowest BCUT2D eigenvalue weighted by molar-refractivity contribution is 0.0422. The number of halogens is 1. The van der Waals surface area contributed by atoms with Crippen LogP contribution in [0.1, 0.15) is 35.7 Å². The number of amides is 1. The summed E-state index contributed by atoms with van der Waals surface area (Å²) in [5, 5.41) is 2.94. The lowest BCUT2D eigenvalue weighted by Gasteiger charge is -2.34. The SMILES string of the molecule is Cc1c(N)cc(C(=O)NC2(C)CCOCC2)cc1F. The lowest BCUT2D eigenvalue weighted by Crippen LogP contribution is -2.49. The lowest BCUT2D eigenvalue weighted by atomic mass is 9.92. The van der Waals surface area contributed by atoms with Crippen LogP contribution in [0.3, 0.4) is 0 Å². The van der Waals surface area contributed by atoms with Gasteiger partial charge in [0.05, 0.1) is 0 Å². The second-order valence-electron chi connectivity index (χ2n) is 5.30. The molecule has 1 aliphatic rings. The van der Waals surface area contributed by atoms with Crippen LogP contribution in [0.5, 0.6) is 0 Å². The molecule has 0 spiro atoms. The van der Waals surface area contributed by atoms with E-state index in [1.165, 1.54) is 12.1 Å². The minimum atomic E-state index is -0.456. The van der Waals surface area contributed by atoms with Gasteiger partial charge in [-0.2, -0.15) is 0 Å². The van der Waals surface area contributed by atoms with Crippen LogP contribution >= 0.6 is 0 Å². The molecule has 1 aromatic rings. The first-order valence-electron chi connectivity index (χ1n) is 6.37. The molecule has 0 aromatic heterocycles. The Hall–Kier alpha value is -1.62. The van der Waals surface area contributed by atoms with E-state index >= 15 is 0 Å². The molecule has 0 aliphatic carbocycles. The highest BCUT2D eigenvalue weighted by atomic mass is 19.1. The molecule has 19 heavy (non-hydrogen) atoms. The Morgan fingerprint density at radius 1 is 1.42 bits per heavy atom. The van der Waals surface area contributed by atoms with E-state index in [0.717, 1.165) is 12.8 Å². The van der Waals surface area contributed by atoms with Gasteiger partial charge in [-0.3, -0.25) is 4.79 Å². The number of nitrogens with two attached hydrogens (primary N) is 1. The highest BCUT2D eigenvalue weighted by Gasteiger charge is 2.29. The van der Waals surface area contributed by atoms with Crippen molar-refractivity contribution < 1.29 is 13.9 Å². The summed E-state index contributed by atoms with van der Waals surface area (Å²) in [6.07, 6.45) is 1.51. The van der Waals surface area contributed by atoms with E-state index in [1.807, 2.05) is 6.92 Å². The summed E-state index contributed by atoms with van der Waals surface area (Å²) in [5.41, 5.74) is 6.31. The number of nitrogens with one attached hydrogen (secondary N) is 1. The van der Waals surface area contributed by atoms with E-state index in [2.05, 4.69) is 5.32 Å². The number of anilines is 1. The summed E-state index contributed by atoms with van der Waals surface area (Å²) < 4.78 is 18.9. The summed E-state index contributed by atoms with van der Waals surface area (Å²) in [7, 11) is 0. The van der Waals surface area contributed by atoms with Crippen LogP contribution < -0.4 is 11.1 Å². The zero-order valence-corrected chi connectivity index (χ0v) is 11.3. The van der Waals surface area contributed by atoms with Crippen LogP contribution in [0.2, 0.25) is 0 Å². The van der Waals surface area contributed by atoms with Crippen molar-refractivity contribution in [3.05, 3.63) is 29.1 Å². The second kappa shape index (κ2) is 5.17. The Morgan fingerprint density at radius 3 is 2.63 bits per heavy atom. The fraction of sp³-hybridized carbons (Fsp3) is 0.500. The quantitative estimate of drug-likeness (QED) is 0.805. The largest absolute Gasteiger partial charge is 0.398 e. The first-order chi connectivity index (χ1) is 8.91. The number of carbonyl (C=O) groups is 1. The van der Waals surface area contributed by atoms with Crippen molar-refractivity contribution in [2.45, 2.75) is 32.2 Å². The Kier molecular flexibility index (Phi) is 3.75. The fourth-order valence-corrected chi connectivity index (χ4v) is 2.12. The smallest absolute Gasteiger partial charge is 0.251 e. The maximum Gasteiger partial charge on any atom is 0.251 e. The van der Waals surface area contributed by atoms with Gasteiger partial charge in [0.25, 0.3) is 5.91 Å². The third-order valence-corrected chi connectivity index (χ3v) is 3.66. The van der Waals surface area contributed by atoms with Crippen molar-refractivity contribution in [3.63, 3.8) is 0 Å². The van der Waals surface area contributed by atoms with E-state index < -0.39 is 5.82 Å². The number of rotatable bonds is 2. The van der Waals surface area contributed by atoms with Crippen molar-refractivity contribution in [2.75, 3.05) is 18.9 Å². The number of benzene rings is 1. The Bertz CT molecular complexity index is 473. The molecule has 1 amide bonds. The van der Waals surface area contributed by atoms with Gasteiger partial charge in [-0.1, -0.05) is 0 Å². The highest BCUT2D eigenvalue weighted by molar-refractivity contribution is 5.95. The third-order valence-electron chi connectivity index (χ3n) is 3.66. The summed E-state index contributed by atoms with van der Waals surface area (Å²) in [6.45, 7) is 4.82. The van der Waals surface area contributed by atoms with Crippen LogP contribution in [-0.2, 0) is 4.74 Å². The van der Waals surface area contributed by atoms with E-state index in [0.29, 0.717) is 24.5 Å². The normalized spacial score (nSPS) is 18.1. The molecule has 0 bridgehead atoms. The molecule has 0 unspecified atom stereocenters. The van der Waals surface area contributed by atoms with Crippen LogP contribution in [-0.4, -0.2) is 24.7 Å². The van der Waals surface area contributed by atoms with Gasteiger partial charge in [-0.15, -0.1) is 0 Å². The van der Waals surface area contributed by atoms with Crippen LogP contribution in [0.15, 0.2) is 12.1 Å². The van der Waals surface area contributed by atoms with E-state index in [9.17, 15) is 9.18 Å². The van der Waals surface area contributed by atoms with Gasteiger partial charge in [-0.25, -0.2) is 4.39 Å². The second-order valence-corrected chi connectivity index (χ2v) is 5.30. The van der Waals surface area contributed by atoms with Crippen LogP contribution in [0.4, 0.5) is 10.1 Å². The van der Waals surface area contributed by atoms with Crippen molar-refractivity contribution >= 4 is 11.6 Å². The minimum Gasteiger partial charge on any atom is -0.398 e. The number of nitrogen functional groups attached to an aromatic ring is 1. The molecule has 4 nitrogen and oxygen atoms in total. The zero-order chi connectivity index (χ0) is 14.0. The monoisotopic (exact) mass is 266 g/mol. The summed E-state index contributed by atoms with van der Waals surface area (Å²) in [4.78, 5) is 12.2. The number of ether oxygens (including phenoxy) is 1. The molecule has 1 heterocycles. The zero-order valence-electron chi connectivity index (χ0n) is 11.3. The highest BCUT2D eigenvalue weighted by Crippen LogP contribution is 2.22. The minimum absolute atomic E-state index is 0.258. The number of carbonyl (C=O) groups excluding carboxylic acids is 1. The maximum atomic E-state index is 13.6. The maximum absolute atomic E-state index is 13.6.